The minimum atomic E-state index is -1.03. The van der Waals surface area contributed by atoms with E-state index in [0.29, 0.717) is 4.34 Å². The lowest BCUT2D eigenvalue weighted by atomic mass is 10.2. The molecule has 0 spiro atoms. The Kier molecular flexibility index (Phi) is 5.62. The van der Waals surface area contributed by atoms with Crippen LogP contribution < -0.4 is 5.32 Å². The van der Waals surface area contributed by atoms with E-state index in [1.165, 1.54) is 16.2 Å². The summed E-state index contributed by atoms with van der Waals surface area (Å²) in [5.41, 5.74) is 0. The van der Waals surface area contributed by atoms with E-state index in [1.54, 1.807) is 19.9 Å². The summed E-state index contributed by atoms with van der Waals surface area (Å²) in [6, 6.07) is 2.82. The van der Waals surface area contributed by atoms with E-state index in [9.17, 15) is 9.59 Å². The number of aliphatic carboxylic acids is 1. The summed E-state index contributed by atoms with van der Waals surface area (Å²) in [4.78, 5) is 25.0. The van der Waals surface area contributed by atoms with E-state index >= 15 is 0 Å². The molecule has 0 aromatic carbocycles. The highest BCUT2D eigenvalue weighted by Crippen LogP contribution is 2.26. The molecule has 1 aromatic heterocycles. The maximum atomic E-state index is 12.0. The summed E-state index contributed by atoms with van der Waals surface area (Å²) in [7, 11) is 0. The van der Waals surface area contributed by atoms with Crippen LogP contribution >= 0.6 is 22.9 Å². The van der Waals surface area contributed by atoms with Gasteiger partial charge in [0.15, 0.2) is 0 Å². The van der Waals surface area contributed by atoms with Crippen LogP contribution in [-0.4, -0.2) is 34.6 Å². The molecule has 0 aliphatic carbocycles. The Morgan fingerprint density at radius 3 is 2.47 bits per heavy atom. The van der Waals surface area contributed by atoms with Crippen molar-refractivity contribution in [3.8, 4) is 0 Å². The first-order chi connectivity index (χ1) is 8.81. The molecule has 1 heterocycles. The molecule has 0 radical (unpaired) electrons. The molecule has 0 bridgehead atoms. The molecule has 0 aliphatic heterocycles. The number of amides is 2. The van der Waals surface area contributed by atoms with Crippen LogP contribution in [0, 0.1) is 0 Å². The zero-order valence-corrected chi connectivity index (χ0v) is 12.6. The van der Waals surface area contributed by atoms with Gasteiger partial charge in [-0.05, 0) is 32.9 Å². The number of carbonyl (C=O) groups excluding carboxylic acids is 1. The number of carbonyl (C=O) groups is 2. The molecule has 0 saturated heterocycles. The van der Waals surface area contributed by atoms with Crippen LogP contribution in [0.4, 0.5) is 4.79 Å². The fourth-order valence-corrected chi connectivity index (χ4v) is 2.60. The van der Waals surface area contributed by atoms with Crippen molar-refractivity contribution in [1.29, 1.82) is 0 Å². The number of hydrogen-bond acceptors (Lipinski definition) is 3. The maximum absolute atomic E-state index is 12.0. The van der Waals surface area contributed by atoms with Crippen LogP contribution in [0.25, 0.3) is 0 Å². The lowest BCUT2D eigenvalue weighted by molar-refractivity contribution is -0.138. The SMILES string of the molecule is CC(NC(=O)N(CC(=O)O)C(C)C)c1ccc(Cl)s1. The lowest BCUT2D eigenvalue weighted by Crippen LogP contribution is -2.47. The first kappa shape index (κ1) is 15.8. The predicted molar refractivity (Wildman–Crippen MR) is 75.8 cm³/mol. The van der Waals surface area contributed by atoms with Gasteiger partial charge in [-0.1, -0.05) is 11.6 Å². The highest BCUT2D eigenvalue weighted by atomic mass is 35.5. The minimum Gasteiger partial charge on any atom is -0.480 e. The molecule has 1 unspecified atom stereocenters. The number of hydrogen-bond donors (Lipinski definition) is 2. The minimum absolute atomic E-state index is 0.185. The van der Waals surface area contributed by atoms with Crippen molar-refractivity contribution in [1.82, 2.24) is 10.2 Å². The molecule has 2 N–H and O–H groups in total. The number of urea groups is 1. The molecule has 0 saturated carbocycles. The number of thiophene rings is 1. The first-order valence-electron chi connectivity index (χ1n) is 5.85. The Morgan fingerprint density at radius 2 is 2.05 bits per heavy atom. The third-order valence-electron chi connectivity index (χ3n) is 2.55. The number of rotatable bonds is 5. The summed E-state index contributed by atoms with van der Waals surface area (Å²) >= 11 is 7.23. The summed E-state index contributed by atoms with van der Waals surface area (Å²) in [6.07, 6.45) is 0. The monoisotopic (exact) mass is 304 g/mol. The molecule has 5 nitrogen and oxygen atoms in total. The van der Waals surface area contributed by atoms with Gasteiger partial charge in [0, 0.05) is 10.9 Å². The van der Waals surface area contributed by atoms with Crippen molar-refractivity contribution in [2.45, 2.75) is 32.9 Å². The van der Waals surface area contributed by atoms with Crippen molar-refractivity contribution in [3.05, 3.63) is 21.3 Å². The zero-order chi connectivity index (χ0) is 14.6. The standard InChI is InChI=1S/C12H17ClN2O3S/c1-7(2)15(6-11(16)17)12(18)14-8(3)9-4-5-10(13)19-9/h4-5,7-8H,6H2,1-3H3,(H,14,18)(H,16,17). The Morgan fingerprint density at radius 1 is 1.42 bits per heavy atom. The van der Waals surface area contributed by atoms with Crippen molar-refractivity contribution in [3.63, 3.8) is 0 Å². The van der Waals surface area contributed by atoms with Crippen LogP contribution in [-0.2, 0) is 4.79 Å². The van der Waals surface area contributed by atoms with Gasteiger partial charge in [-0.15, -0.1) is 11.3 Å². The summed E-state index contributed by atoms with van der Waals surface area (Å²) in [5, 5.41) is 11.6. The molecule has 19 heavy (non-hydrogen) atoms. The van der Waals surface area contributed by atoms with Gasteiger partial charge in [0.2, 0.25) is 0 Å². The molecule has 1 atom stereocenters. The van der Waals surface area contributed by atoms with Crippen LogP contribution in [0.5, 0.6) is 0 Å². The summed E-state index contributed by atoms with van der Waals surface area (Å²) < 4.78 is 0.655. The Bertz CT molecular complexity index is 462. The lowest BCUT2D eigenvalue weighted by Gasteiger charge is -2.26. The van der Waals surface area contributed by atoms with Gasteiger partial charge in [-0.2, -0.15) is 0 Å². The number of carboxylic acids is 1. The Labute approximate surface area is 121 Å². The van der Waals surface area contributed by atoms with E-state index in [-0.39, 0.29) is 18.6 Å². The van der Waals surface area contributed by atoms with Crippen molar-refractivity contribution >= 4 is 34.9 Å². The molecule has 7 heteroatoms. The third-order valence-corrected chi connectivity index (χ3v) is 3.96. The smallest absolute Gasteiger partial charge is 0.323 e. The van der Waals surface area contributed by atoms with Gasteiger partial charge in [0.1, 0.15) is 6.54 Å². The second-order valence-electron chi connectivity index (χ2n) is 4.43. The second-order valence-corrected chi connectivity index (χ2v) is 6.18. The van der Waals surface area contributed by atoms with Crippen LogP contribution in [0.2, 0.25) is 4.34 Å². The van der Waals surface area contributed by atoms with Crippen LogP contribution in [0.15, 0.2) is 12.1 Å². The molecule has 0 aliphatic rings. The Balaban J connectivity index is 2.68. The van der Waals surface area contributed by atoms with Crippen LogP contribution in [0.3, 0.4) is 0 Å². The second kappa shape index (κ2) is 6.77. The van der Waals surface area contributed by atoms with Crippen molar-refractivity contribution in [2.24, 2.45) is 0 Å². The fraction of sp³-hybridized carbons (Fsp3) is 0.500. The first-order valence-corrected chi connectivity index (χ1v) is 7.05. The predicted octanol–water partition coefficient (Wildman–Crippen LogP) is 2.97. The molecule has 1 rings (SSSR count). The number of carboxylic acid groups (broad SMARTS) is 1. The van der Waals surface area contributed by atoms with E-state index in [1.807, 2.05) is 13.0 Å². The van der Waals surface area contributed by atoms with E-state index in [0.717, 1.165) is 4.88 Å². The Hall–Kier alpha value is -1.27. The van der Waals surface area contributed by atoms with Crippen molar-refractivity contribution in [2.75, 3.05) is 6.54 Å². The molecular formula is C12H17ClN2O3S. The third kappa shape index (κ3) is 4.72. The average molecular weight is 305 g/mol. The largest absolute Gasteiger partial charge is 0.480 e. The molecule has 106 valence electrons. The summed E-state index contributed by atoms with van der Waals surface area (Å²) in [5.74, 6) is -1.03. The maximum Gasteiger partial charge on any atom is 0.323 e. The van der Waals surface area contributed by atoms with Gasteiger partial charge >= 0.3 is 12.0 Å². The van der Waals surface area contributed by atoms with Crippen LogP contribution in [0.1, 0.15) is 31.7 Å². The number of nitrogens with one attached hydrogen (secondary N) is 1. The van der Waals surface area contributed by atoms with Gasteiger partial charge in [0.25, 0.3) is 0 Å². The van der Waals surface area contributed by atoms with E-state index in [2.05, 4.69) is 5.32 Å². The summed E-state index contributed by atoms with van der Waals surface area (Å²) in [6.45, 7) is 5.06. The van der Waals surface area contributed by atoms with Gasteiger partial charge in [0.05, 0.1) is 10.4 Å². The average Bonchev–Trinajstić information content (AvgIpc) is 2.72. The quantitative estimate of drug-likeness (QED) is 0.878. The normalized spacial score (nSPS) is 12.3. The van der Waals surface area contributed by atoms with Gasteiger partial charge in [-0.3, -0.25) is 4.79 Å². The molecular weight excluding hydrogens is 288 g/mol. The zero-order valence-electron chi connectivity index (χ0n) is 11.0. The van der Waals surface area contributed by atoms with Gasteiger partial charge in [-0.25, -0.2) is 4.79 Å². The highest BCUT2D eigenvalue weighted by molar-refractivity contribution is 7.16. The van der Waals surface area contributed by atoms with E-state index < -0.39 is 12.0 Å². The number of nitrogens with zero attached hydrogens (tertiary/aromatic N) is 1. The number of halogens is 1. The fourth-order valence-electron chi connectivity index (χ4n) is 1.53. The van der Waals surface area contributed by atoms with E-state index in [4.69, 9.17) is 16.7 Å². The molecule has 1 aromatic rings. The molecule has 2 amide bonds. The topological polar surface area (TPSA) is 69.6 Å². The highest BCUT2D eigenvalue weighted by Gasteiger charge is 2.21. The van der Waals surface area contributed by atoms with Gasteiger partial charge < -0.3 is 15.3 Å². The molecule has 0 fully saturated rings. The van der Waals surface area contributed by atoms with Crippen molar-refractivity contribution < 1.29 is 14.7 Å².